The fourth-order valence-corrected chi connectivity index (χ4v) is 5.98. The molecule has 2 aromatic heterocycles. The van der Waals surface area contributed by atoms with E-state index in [4.69, 9.17) is 9.47 Å². The van der Waals surface area contributed by atoms with Crippen molar-refractivity contribution in [1.82, 2.24) is 9.55 Å². The van der Waals surface area contributed by atoms with E-state index in [0.29, 0.717) is 23.0 Å². The fraction of sp³-hybridized carbons (Fsp3) is 0. The second kappa shape index (κ2) is 8.52. The van der Waals surface area contributed by atoms with Crippen molar-refractivity contribution >= 4 is 44.9 Å². The number of para-hydroxylation sites is 2. The summed E-state index contributed by atoms with van der Waals surface area (Å²) in [5.41, 5.74) is 8.41. The minimum atomic E-state index is 0.691. The van der Waals surface area contributed by atoms with Gasteiger partial charge in [0.25, 0.3) is 0 Å². The SMILES string of the molecule is C=Cc1[nH]c2c(ccc3c2c2ccc4c(c2n3-c2cccc(-c3ccccc3)c2)Oc2ccccc2O4)c1C=C. The van der Waals surface area contributed by atoms with E-state index in [-0.39, 0.29) is 0 Å². The van der Waals surface area contributed by atoms with Gasteiger partial charge in [0.15, 0.2) is 23.0 Å². The topological polar surface area (TPSA) is 39.2 Å². The lowest BCUT2D eigenvalue weighted by molar-refractivity contribution is 0.362. The molecule has 0 unspecified atom stereocenters. The number of hydrogen-bond donors (Lipinski definition) is 1. The Morgan fingerprint density at radius 1 is 0.650 bits per heavy atom. The molecule has 0 amide bonds. The lowest BCUT2D eigenvalue weighted by Crippen LogP contribution is -2.02. The Hall–Kier alpha value is -5.48. The van der Waals surface area contributed by atoms with Gasteiger partial charge in [0.1, 0.15) is 5.52 Å². The summed E-state index contributed by atoms with van der Waals surface area (Å²) in [5.74, 6) is 2.80. The number of hydrogen-bond acceptors (Lipinski definition) is 2. The van der Waals surface area contributed by atoms with Gasteiger partial charge in [-0.2, -0.15) is 0 Å². The zero-order chi connectivity index (χ0) is 26.8. The summed E-state index contributed by atoms with van der Waals surface area (Å²) in [6.45, 7) is 8.09. The van der Waals surface area contributed by atoms with Gasteiger partial charge in [0, 0.05) is 33.1 Å². The maximum absolute atomic E-state index is 6.59. The first-order valence-corrected chi connectivity index (χ1v) is 13.3. The number of nitrogens with one attached hydrogen (secondary N) is 1. The number of rotatable bonds is 4. The molecule has 4 nitrogen and oxygen atoms in total. The summed E-state index contributed by atoms with van der Waals surface area (Å²) >= 11 is 0. The molecule has 0 bridgehead atoms. The fourth-order valence-electron chi connectivity index (χ4n) is 5.98. The molecular weight excluding hydrogens is 492 g/mol. The predicted molar refractivity (Wildman–Crippen MR) is 165 cm³/mol. The van der Waals surface area contributed by atoms with Crippen LogP contribution in [-0.4, -0.2) is 9.55 Å². The van der Waals surface area contributed by atoms with Crippen molar-refractivity contribution in [3.8, 4) is 39.8 Å². The van der Waals surface area contributed by atoms with Crippen molar-refractivity contribution in [2.75, 3.05) is 0 Å². The molecule has 7 aromatic rings. The number of aromatic nitrogens is 2. The summed E-state index contributed by atoms with van der Waals surface area (Å²) in [6, 6.07) is 35.3. The monoisotopic (exact) mass is 516 g/mol. The summed E-state index contributed by atoms with van der Waals surface area (Å²) in [6.07, 6.45) is 3.74. The van der Waals surface area contributed by atoms with Crippen LogP contribution in [0.4, 0.5) is 0 Å². The first-order chi connectivity index (χ1) is 19.7. The van der Waals surface area contributed by atoms with Gasteiger partial charge in [0.05, 0.1) is 11.0 Å². The maximum atomic E-state index is 6.59. The van der Waals surface area contributed by atoms with Crippen LogP contribution in [0.2, 0.25) is 0 Å². The van der Waals surface area contributed by atoms with Crippen LogP contribution in [0.3, 0.4) is 0 Å². The second-order valence-electron chi connectivity index (χ2n) is 9.93. The number of aromatic amines is 1. The van der Waals surface area contributed by atoms with Crippen molar-refractivity contribution in [2.24, 2.45) is 0 Å². The molecule has 0 spiro atoms. The predicted octanol–water partition coefficient (Wildman–Crippen LogP) is 10.1. The Morgan fingerprint density at radius 2 is 1.40 bits per heavy atom. The molecule has 0 fully saturated rings. The maximum Gasteiger partial charge on any atom is 0.194 e. The number of benzene rings is 5. The van der Waals surface area contributed by atoms with Crippen molar-refractivity contribution in [3.05, 3.63) is 128 Å². The van der Waals surface area contributed by atoms with Gasteiger partial charge < -0.3 is 19.0 Å². The van der Waals surface area contributed by atoms with Crippen molar-refractivity contribution in [2.45, 2.75) is 0 Å². The van der Waals surface area contributed by atoms with E-state index < -0.39 is 0 Å². The summed E-state index contributed by atoms with van der Waals surface area (Å²) in [7, 11) is 0. The highest BCUT2D eigenvalue weighted by molar-refractivity contribution is 6.23. The average Bonchev–Trinajstić information content (AvgIpc) is 3.56. The van der Waals surface area contributed by atoms with Crippen molar-refractivity contribution < 1.29 is 9.47 Å². The molecular formula is C36H24N2O2. The summed E-state index contributed by atoms with van der Waals surface area (Å²) < 4.78 is 15.2. The largest absolute Gasteiger partial charge is 0.449 e. The molecule has 0 aliphatic carbocycles. The molecule has 8 rings (SSSR count). The molecule has 40 heavy (non-hydrogen) atoms. The van der Waals surface area contributed by atoms with Gasteiger partial charge in [0.2, 0.25) is 0 Å². The summed E-state index contributed by atoms with van der Waals surface area (Å²) in [5, 5.41) is 3.29. The lowest BCUT2D eigenvalue weighted by Gasteiger charge is -2.22. The lowest BCUT2D eigenvalue weighted by atomic mass is 10.1. The van der Waals surface area contributed by atoms with E-state index >= 15 is 0 Å². The highest BCUT2D eigenvalue weighted by Crippen LogP contribution is 2.51. The van der Waals surface area contributed by atoms with Crippen LogP contribution in [0.5, 0.6) is 23.0 Å². The van der Waals surface area contributed by atoms with Gasteiger partial charge in [-0.15, -0.1) is 0 Å². The first-order valence-electron chi connectivity index (χ1n) is 13.3. The van der Waals surface area contributed by atoms with E-state index in [1.165, 1.54) is 5.56 Å². The molecule has 0 radical (unpaired) electrons. The third-order valence-corrected chi connectivity index (χ3v) is 7.75. The van der Waals surface area contributed by atoms with Gasteiger partial charge in [-0.3, -0.25) is 0 Å². The minimum Gasteiger partial charge on any atom is -0.449 e. The van der Waals surface area contributed by atoms with Crippen molar-refractivity contribution in [1.29, 1.82) is 0 Å². The number of H-pyrrole nitrogens is 1. The Labute approximate surface area is 231 Å². The molecule has 1 aliphatic heterocycles. The normalized spacial score (nSPS) is 12.1. The summed E-state index contributed by atoms with van der Waals surface area (Å²) in [4.78, 5) is 3.62. The van der Waals surface area contributed by atoms with Crippen molar-refractivity contribution in [3.63, 3.8) is 0 Å². The molecule has 190 valence electrons. The highest BCUT2D eigenvalue weighted by Gasteiger charge is 2.27. The van der Waals surface area contributed by atoms with Crippen LogP contribution in [0.15, 0.2) is 116 Å². The average molecular weight is 517 g/mol. The standard InChI is InChI=1S/C36H24N2O2/c1-3-25-26-17-19-29-33(34(26)37-28(25)4-2)27-18-20-32-36(40-31-16-9-8-15-30(31)39-32)35(27)38(29)24-14-10-13-23(21-24)22-11-6-5-7-12-22/h3-21,37H,1-2H2. The molecule has 1 N–H and O–H groups in total. The second-order valence-corrected chi connectivity index (χ2v) is 9.93. The third kappa shape index (κ3) is 3.13. The Balaban J connectivity index is 1.50. The van der Waals surface area contributed by atoms with E-state index in [2.05, 4.69) is 89.4 Å². The van der Waals surface area contributed by atoms with E-state index in [0.717, 1.165) is 55.2 Å². The number of nitrogens with zero attached hydrogens (tertiary/aromatic N) is 1. The van der Waals surface area contributed by atoms with E-state index in [9.17, 15) is 0 Å². The Kier molecular flexibility index (Phi) is 4.79. The number of ether oxygens (including phenoxy) is 2. The zero-order valence-electron chi connectivity index (χ0n) is 21.6. The minimum absolute atomic E-state index is 0.691. The molecule has 0 saturated heterocycles. The van der Waals surface area contributed by atoms with Gasteiger partial charge in [-0.25, -0.2) is 0 Å². The molecule has 4 heteroatoms. The molecule has 5 aromatic carbocycles. The van der Waals surface area contributed by atoms with Gasteiger partial charge in [-0.05, 0) is 59.7 Å². The third-order valence-electron chi connectivity index (χ3n) is 7.75. The van der Waals surface area contributed by atoms with Crippen LogP contribution in [0, 0.1) is 0 Å². The smallest absolute Gasteiger partial charge is 0.194 e. The van der Waals surface area contributed by atoms with Gasteiger partial charge >= 0.3 is 0 Å². The molecule has 3 heterocycles. The Morgan fingerprint density at radius 3 is 2.20 bits per heavy atom. The number of fused-ring (bicyclic) bond motifs is 8. The molecule has 0 atom stereocenters. The van der Waals surface area contributed by atoms with Crippen LogP contribution >= 0.6 is 0 Å². The first kappa shape index (κ1) is 22.5. The highest BCUT2D eigenvalue weighted by atomic mass is 16.6. The quantitative estimate of drug-likeness (QED) is 0.253. The molecule has 0 saturated carbocycles. The molecule has 1 aliphatic rings. The Bertz CT molecular complexity index is 2150. The van der Waals surface area contributed by atoms with Gasteiger partial charge in [-0.1, -0.05) is 79.9 Å². The van der Waals surface area contributed by atoms with Crippen LogP contribution in [-0.2, 0) is 0 Å². The van der Waals surface area contributed by atoms with Crippen LogP contribution in [0.25, 0.3) is 61.7 Å². The van der Waals surface area contributed by atoms with E-state index in [1.807, 2.05) is 48.6 Å². The van der Waals surface area contributed by atoms with Crippen LogP contribution < -0.4 is 9.47 Å². The van der Waals surface area contributed by atoms with Crippen LogP contribution in [0.1, 0.15) is 11.3 Å². The van der Waals surface area contributed by atoms with E-state index in [1.54, 1.807) is 0 Å². The zero-order valence-corrected chi connectivity index (χ0v) is 21.6.